The van der Waals surface area contributed by atoms with E-state index in [1.165, 1.54) is 81.3 Å². The van der Waals surface area contributed by atoms with E-state index in [1.54, 1.807) is 0 Å². The molecule has 7 rings (SSSR count). The van der Waals surface area contributed by atoms with Crippen LogP contribution in [0, 0.1) is 0 Å². The van der Waals surface area contributed by atoms with Crippen molar-refractivity contribution in [1.29, 1.82) is 0 Å². The number of hydrogen-bond acceptors (Lipinski definition) is 1. The van der Waals surface area contributed by atoms with E-state index >= 15 is 0 Å². The van der Waals surface area contributed by atoms with Gasteiger partial charge in [0.2, 0.25) is 5.69 Å². The number of nitrogens with zero attached hydrogens (tertiary/aromatic N) is 2. The van der Waals surface area contributed by atoms with E-state index in [0.717, 1.165) is 6.54 Å². The predicted molar refractivity (Wildman–Crippen MR) is 178 cm³/mol. The van der Waals surface area contributed by atoms with Gasteiger partial charge >= 0.3 is 34.4 Å². The Kier molecular flexibility index (Phi) is 9.34. The van der Waals surface area contributed by atoms with Crippen molar-refractivity contribution >= 4 is 65.0 Å². The Morgan fingerprint density at radius 1 is 0.696 bits per heavy atom. The van der Waals surface area contributed by atoms with E-state index in [2.05, 4.69) is 139 Å². The molecule has 0 bridgehead atoms. The van der Waals surface area contributed by atoms with Gasteiger partial charge in [0.1, 0.15) is 0 Å². The van der Waals surface area contributed by atoms with E-state index in [0.29, 0.717) is 0 Å². The molecule has 0 saturated carbocycles. The minimum atomic E-state index is -9.19. The number of hydrogen-bond donors (Lipinski definition) is 0. The third-order valence-electron chi connectivity index (χ3n) is 8.76. The van der Waals surface area contributed by atoms with Gasteiger partial charge in [0.15, 0.2) is 12.3 Å². The van der Waals surface area contributed by atoms with Crippen molar-refractivity contribution in [3.63, 3.8) is 0 Å². The van der Waals surface area contributed by atoms with Crippen molar-refractivity contribution in [3.8, 4) is 0 Å². The van der Waals surface area contributed by atoms with Crippen LogP contribution < -0.4 is 9.60 Å². The standard InChI is InChI=1S/C37H35N2.6FH.Sb/c1-37(2)35(23-18-27-16-20-31(21-17-27)38-24-7-8-25-38)39(26-30-13-9-12-28-10-3-5-14-32(28)30)34-22-19-29-11-4-6-15-33(29)36(34)37;;;;;;;/h3-6,9-23H,7-8,24-26H2,1-2H3;6*1H;/q+1;;;;;;;+5/p-6. The molecule has 0 unspecified atom stereocenters. The number of rotatable bonds is 5. The van der Waals surface area contributed by atoms with E-state index in [1.807, 2.05) is 0 Å². The summed E-state index contributed by atoms with van der Waals surface area (Å²) in [5.74, 6) is 0. The summed E-state index contributed by atoms with van der Waals surface area (Å²) in [5.41, 5.74) is 7.88. The number of halogens is 6. The van der Waals surface area contributed by atoms with Crippen LogP contribution in [0.5, 0.6) is 0 Å². The summed E-state index contributed by atoms with van der Waals surface area (Å²) in [6, 6.07) is 38.0. The Balaban J connectivity index is 0.000000546. The quantitative estimate of drug-likeness (QED) is 0.102. The molecule has 2 nitrogen and oxygen atoms in total. The first-order valence-electron chi connectivity index (χ1n) is 15.1. The van der Waals surface area contributed by atoms with Gasteiger partial charge < -0.3 is 9.60 Å². The second-order valence-electron chi connectivity index (χ2n) is 12.2. The molecule has 1 saturated heterocycles. The van der Waals surface area contributed by atoms with Crippen LogP contribution in [0.15, 0.2) is 109 Å². The molecule has 0 atom stereocenters. The van der Waals surface area contributed by atoms with Crippen molar-refractivity contribution in [2.75, 3.05) is 18.0 Å². The molecule has 0 aromatic heterocycles. The molecule has 2 heterocycles. The molecule has 0 N–H and O–H groups in total. The first-order chi connectivity index (χ1) is 21.3. The molecule has 2 aliphatic rings. The monoisotopic (exact) mass is 742 g/mol. The van der Waals surface area contributed by atoms with Crippen LogP contribution in [-0.4, -0.2) is 43.7 Å². The molecule has 46 heavy (non-hydrogen) atoms. The van der Waals surface area contributed by atoms with Gasteiger partial charge in [-0.15, -0.1) is 0 Å². The molecule has 9 heteroatoms. The van der Waals surface area contributed by atoms with E-state index in [-0.39, 0.29) is 10.1 Å². The van der Waals surface area contributed by atoms with Crippen LogP contribution >= 0.6 is 0 Å². The van der Waals surface area contributed by atoms with Crippen LogP contribution in [0.4, 0.5) is 25.4 Å². The number of anilines is 1. The Bertz CT molecular complexity index is 1910. The van der Waals surface area contributed by atoms with Crippen molar-refractivity contribution in [1.82, 2.24) is 0 Å². The molecule has 2 aliphatic heterocycles. The molecule has 0 aliphatic carbocycles. The maximum absolute atomic E-state index is 9.91. The third-order valence-corrected chi connectivity index (χ3v) is 8.76. The Morgan fingerprint density at radius 3 is 1.91 bits per heavy atom. The normalized spacial score (nSPS) is 16.6. The second kappa shape index (κ2) is 12.8. The molecule has 0 spiro atoms. The van der Waals surface area contributed by atoms with Gasteiger partial charge in [-0.3, -0.25) is 0 Å². The van der Waals surface area contributed by atoms with E-state index in [9.17, 15) is 14.1 Å². The average Bonchev–Trinajstić information content (AvgIpc) is 3.61. The van der Waals surface area contributed by atoms with E-state index < -0.39 is 20.3 Å². The Morgan fingerprint density at radius 2 is 1.26 bits per heavy atom. The second-order valence-corrected chi connectivity index (χ2v) is 15.8. The predicted octanol–water partition coefficient (Wildman–Crippen LogP) is 7.61. The molecular formula is C37H35F6N2Sb. The summed E-state index contributed by atoms with van der Waals surface area (Å²) in [5, 5.41) is 5.27. The zero-order valence-corrected chi connectivity index (χ0v) is 28.2. The van der Waals surface area contributed by atoms with Crippen molar-refractivity contribution in [2.24, 2.45) is 0 Å². The first-order valence-corrected chi connectivity index (χ1v) is 19.9. The van der Waals surface area contributed by atoms with Gasteiger partial charge in [0, 0.05) is 42.0 Å². The molecule has 5 aromatic carbocycles. The third kappa shape index (κ3) is 7.44. The Hall–Kier alpha value is -3.77. The summed E-state index contributed by atoms with van der Waals surface area (Å²) in [6.45, 7) is 7.96. The number of fused-ring (bicyclic) bond motifs is 4. The van der Waals surface area contributed by atoms with Crippen LogP contribution in [0.2, 0.25) is 0 Å². The zero-order valence-electron chi connectivity index (χ0n) is 25.6. The van der Waals surface area contributed by atoms with Gasteiger partial charge in [0.25, 0.3) is 0 Å². The van der Waals surface area contributed by atoms with Gasteiger partial charge in [-0.1, -0.05) is 78.9 Å². The summed E-state index contributed by atoms with van der Waals surface area (Å²) in [4.78, 5) is 2.50. The van der Waals surface area contributed by atoms with Crippen molar-refractivity contribution in [3.05, 3.63) is 126 Å². The fourth-order valence-corrected chi connectivity index (χ4v) is 6.75. The molecule has 5 aromatic rings. The van der Waals surface area contributed by atoms with Gasteiger partial charge in [0.05, 0.1) is 5.41 Å². The minimum absolute atomic E-state index is 0. The molecule has 0 radical (unpaired) electrons. The number of benzene rings is 5. The molecular weight excluding hydrogens is 708 g/mol. The molecule has 1 fully saturated rings. The number of allylic oxidation sites excluding steroid dienone is 1. The summed E-state index contributed by atoms with van der Waals surface area (Å²) >= 11 is -9.19. The summed E-state index contributed by atoms with van der Waals surface area (Å²) in [6.07, 6.45) is 7.27. The first kappa shape index (κ1) is 33.6. The maximum atomic E-state index is 9.91. The SMILES string of the molecule is CC1(C)C(/C=C/c2ccc(N3CCCC3)cc2)=[N+](Cc2cccc3ccccc23)c2ccc3ccccc3c21.[F-].[F][Sb]([F])([F])([F])[F]. The summed E-state index contributed by atoms with van der Waals surface area (Å²) < 4.78 is 52.1. The van der Waals surface area contributed by atoms with E-state index in [4.69, 9.17) is 0 Å². The fraction of sp³-hybridized carbons (Fsp3) is 0.216. The average molecular weight is 743 g/mol. The van der Waals surface area contributed by atoms with Crippen LogP contribution in [0.1, 0.15) is 43.4 Å². The van der Waals surface area contributed by atoms with Crippen molar-refractivity contribution in [2.45, 2.75) is 38.6 Å². The molecule has 0 amide bonds. The van der Waals surface area contributed by atoms with Gasteiger partial charge in [-0.05, 0) is 78.1 Å². The molecule has 240 valence electrons. The fourth-order valence-electron chi connectivity index (χ4n) is 6.75. The van der Waals surface area contributed by atoms with Gasteiger partial charge in [-0.2, -0.15) is 4.58 Å². The topological polar surface area (TPSA) is 6.25 Å². The van der Waals surface area contributed by atoms with Crippen LogP contribution in [0.3, 0.4) is 0 Å². The van der Waals surface area contributed by atoms with Crippen LogP contribution in [0.25, 0.3) is 27.6 Å². The van der Waals surface area contributed by atoms with Crippen LogP contribution in [-0.2, 0) is 12.0 Å². The zero-order chi connectivity index (χ0) is 31.8. The summed E-state index contributed by atoms with van der Waals surface area (Å²) in [7, 11) is 0. The van der Waals surface area contributed by atoms with Gasteiger partial charge in [-0.25, -0.2) is 0 Å². The Labute approximate surface area is 269 Å². The van der Waals surface area contributed by atoms with Crippen molar-refractivity contribution < 1.29 is 23.3 Å².